The molecule has 10 nitrogen and oxygen atoms in total. The van der Waals surface area contributed by atoms with Crippen LogP contribution in [0.2, 0.25) is 0 Å². The second kappa shape index (κ2) is 12.1. The molecule has 0 bridgehead atoms. The molecule has 10 heteroatoms. The normalized spacial score (nSPS) is 10.9. The van der Waals surface area contributed by atoms with E-state index in [1.165, 1.54) is 6.07 Å². The number of rotatable bonds is 11. The second-order valence-corrected chi connectivity index (χ2v) is 8.54. The van der Waals surface area contributed by atoms with Crippen LogP contribution in [0.1, 0.15) is 62.0 Å². The Bertz CT molecular complexity index is 1200. The van der Waals surface area contributed by atoms with E-state index >= 15 is 0 Å². The Balaban J connectivity index is 1.92. The van der Waals surface area contributed by atoms with Gasteiger partial charge in [0.15, 0.2) is 11.5 Å². The van der Waals surface area contributed by atoms with Crippen molar-refractivity contribution in [3.63, 3.8) is 0 Å². The number of aromatic nitrogens is 1. The number of nitrogens with one attached hydrogen (secondary N) is 2. The van der Waals surface area contributed by atoms with E-state index in [0.717, 1.165) is 0 Å². The van der Waals surface area contributed by atoms with E-state index < -0.39 is 11.8 Å². The van der Waals surface area contributed by atoms with Crippen molar-refractivity contribution in [1.29, 1.82) is 0 Å². The molecule has 0 saturated carbocycles. The fourth-order valence-corrected chi connectivity index (χ4v) is 3.73. The number of amides is 2. The summed E-state index contributed by atoms with van der Waals surface area (Å²) < 4.78 is 11.3. The Morgan fingerprint density at radius 2 is 1.81 bits per heavy atom. The number of ether oxygens (including phenoxy) is 1. The molecule has 0 atom stereocenters. The van der Waals surface area contributed by atoms with Crippen LogP contribution in [0.5, 0.6) is 17.2 Å². The van der Waals surface area contributed by atoms with Gasteiger partial charge in [0.2, 0.25) is 5.91 Å². The van der Waals surface area contributed by atoms with Gasteiger partial charge in [0.25, 0.3) is 5.91 Å². The summed E-state index contributed by atoms with van der Waals surface area (Å²) in [5.41, 5.74) is 3.61. The van der Waals surface area contributed by atoms with Gasteiger partial charge in [-0.15, -0.1) is 0 Å². The molecule has 2 amide bonds. The van der Waals surface area contributed by atoms with Crippen LogP contribution < -0.4 is 15.5 Å². The van der Waals surface area contributed by atoms with Crippen LogP contribution in [0.4, 0.5) is 0 Å². The number of unbranched alkanes of at least 4 members (excludes halogenated alkanes) is 1. The van der Waals surface area contributed by atoms with Crippen molar-refractivity contribution in [2.75, 3.05) is 13.2 Å². The van der Waals surface area contributed by atoms with Crippen LogP contribution in [0, 0.1) is 0 Å². The first-order valence-electron chi connectivity index (χ1n) is 11.8. The third-order valence-corrected chi connectivity index (χ3v) is 5.59. The zero-order valence-electron chi connectivity index (χ0n) is 20.5. The summed E-state index contributed by atoms with van der Waals surface area (Å²) in [6.07, 6.45) is 1.41. The fraction of sp³-hybridized carbons (Fsp3) is 0.346. The Morgan fingerprint density at radius 3 is 2.44 bits per heavy atom. The number of hydrogen-bond acceptors (Lipinski definition) is 8. The summed E-state index contributed by atoms with van der Waals surface area (Å²) in [5.74, 6) is -0.317. The molecule has 0 spiro atoms. The number of carbonyl (C=O) groups excluding carboxylic acids is 2. The highest BCUT2D eigenvalue weighted by Gasteiger charge is 2.27. The molecule has 0 saturated heterocycles. The lowest BCUT2D eigenvalue weighted by Crippen LogP contribution is -2.23. The molecular weight excluding hydrogens is 466 g/mol. The molecule has 1 heterocycles. The molecule has 0 aliphatic heterocycles. The van der Waals surface area contributed by atoms with Gasteiger partial charge in [0.05, 0.1) is 17.7 Å². The van der Waals surface area contributed by atoms with E-state index in [0.29, 0.717) is 54.0 Å². The van der Waals surface area contributed by atoms with Gasteiger partial charge in [0.1, 0.15) is 17.2 Å². The molecule has 0 aliphatic carbocycles. The van der Waals surface area contributed by atoms with Gasteiger partial charge in [-0.05, 0) is 55.0 Å². The van der Waals surface area contributed by atoms with Crippen LogP contribution in [0.3, 0.4) is 0 Å². The van der Waals surface area contributed by atoms with Crippen molar-refractivity contribution in [3.05, 3.63) is 47.7 Å². The highest BCUT2D eigenvalue weighted by atomic mass is 16.5. The molecule has 0 fully saturated rings. The van der Waals surface area contributed by atoms with Crippen molar-refractivity contribution >= 4 is 11.8 Å². The predicted octanol–water partition coefficient (Wildman–Crippen LogP) is 4.35. The maximum Gasteiger partial charge on any atom is 0.274 e. The first-order valence-corrected chi connectivity index (χ1v) is 11.8. The lowest BCUT2D eigenvalue weighted by molar-refractivity contribution is -0.129. The van der Waals surface area contributed by atoms with E-state index in [2.05, 4.69) is 10.5 Å². The largest absolute Gasteiger partial charge is 0.508 e. The average molecular weight is 498 g/mol. The molecule has 3 rings (SSSR count). The Kier molecular flexibility index (Phi) is 8.91. The standard InChI is InChI=1S/C26H31N3O7/c1-4-27-26(33)24-23(16-8-10-17(11-9-16)35-12-6-5-7-22(32)28-34)25(36-29-24)19-13-18(15(2)3)20(30)14-21(19)31/h8-11,13-15,30-31,34H,4-7,12H2,1-3H3,(H,27,33)(H,28,32). The van der Waals surface area contributed by atoms with Crippen LogP contribution in [-0.2, 0) is 4.79 Å². The smallest absolute Gasteiger partial charge is 0.274 e. The van der Waals surface area contributed by atoms with E-state index in [9.17, 15) is 19.8 Å². The van der Waals surface area contributed by atoms with E-state index in [1.807, 2.05) is 13.8 Å². The van der Waals surface area contributed by atoms with Crippen LogP contribution >= 0.6 is 0 Å². The lowest BCUT2D eigenvalue weighted by atomic mass is 9.94. The number of benzene rings is 2. The predicted molar refractivity (Wildman–Crippen MR) is 132 cm³/mol. The maximum absolute atomic E-state index is 12.7. The summed E-state index contributed by atoms with van der Waals surface area (Å²) in [6.45, 7) is 6.41. The zero-order valence-corrected chi connectivity index (χ0v) is 20.5. The molecule has 0 unspecified atom stereocenters. The first kappa shape index (κ1) is 26.6. The van der Waals surface area contributed by atoms with Gasteiger partial charge in [-0.2, -0.15) is 0 Å². The summed E-state index contributed by atoms with van der Waals surface area (Å²) in [4.78, 5) is 23.8. The minimum absolute atomic E-state index is 0.0203. The van der Waals surface area contributed by atoms with Gasteiger partial charge < -0.3 is 24.8 Å². The number of carbonyl (C=O) groups is 2. The number of phenolic OH excluding ortho intramolecular Hbond substituents is 2. The maximum atomic E-state index is 12.7. The highest BCUT2D eigenvalue weighted by molar-refractivity contribution is 6.02. The molecule has 5 N–H and O–H groups in total. The molecular formula is C26H31N3O7. The van der Waals surface area contributed by atoms with Crippen molar-refractivity contribution in [2.24, 2.45) is 0 Å². The number of hydroxylamine groups is 1. The van der Waals surface area contributed by atoms with Crippen LogP contribution in [0.15, 0.2) is 40.9 Å². The minimum atomic E-state index is -0.438. The van der Waals surface area contributed by atoms with E-state index in [4.69, 9.17) is 14.5 Å². The number of aromatic hydroxyl groups is 2. The van der Waals surface area contributed by atoms with Crippen molar-refractivity contribution < 1.29 is 34.3 Å². The third-order valence-electron chi connectivity index (χ3n) is 5.59. The summed E-state index contributed by atoms with van der Waals surface area (Å²) >= 11 is 0. The molecule has 192 valence electrons. The Labute approximate surface area is 208 Å². The lowest BCUT2D eigenvalue weighted by Gasteiger charge is -2.13. The monoisotopic (exact) mass is 497 g/mol. The van der Waals surface area contributed by atoms with Gasteiger partial charge in [0, 0.05) is 19.0 Å². The van der Waals surface area contributed by atoms with E-state index in [-0.39, 0.29) is 35.3 Å². The van der Waals surface area contributed by atoms with E-state index in [1.54, 1.807) is 42.7 Å². The van der Waals surface area contributed by atoms with Crippen molar-refractivity contribution in [1.82, 2.24) is 16.0 Å². The SMILES string of the molecule is CCNC(=O)c1noc(-c2cc(C(C)C)c(O)cc2O)c1-c1ccc(OCCCCC(=O)NO)cc1. The third kappa shape index (κ3) is 6.14. The fourth-order valence-electron chi connectivity index (χ4n) is 3.73. The minimum Gasteiger partial charge on any atom is -0.508 e. The molecule has 0 aliphatic rings. The Hall–Kier alpha value is -4.05. The summed E-state index contributed by atoms with van der Waals surface area (Å²) in [5, 5.41) is 36.1. The average Bonchev–Trinajstić information content (AvgIpc) is 3.29. The number of hydrogen-bond donors (Lipinski definition) is 5. The number of phenols is 2. The molecule has 36 heavy (non-hydrogen) atoms. The number of nitrogens with zero attached hydrogens (tertiary/aromatic N) is 1. The highest BCUT2D eigenvalue weighted by Crippen LogP contribution is 2.43. The molecule has 2 aromatic carbocycles. The van der Waals surface area contributed by atoms with Gasteiger partial charge in [-0.3, -0.25) is 14.8 Å². The van der Waals surface area contributed by atoms with Gasteiger partial charge in [-0.25, -0.2) is 5.48 Å². The quantitative estimate of drug-likeness (QED) is 0.149. The summed E-state index contributed by atoms with van der Waals surface area (Å²) in [6, 6.07) is 9.88. The second-order valence-electron chi connectivity index (χ2n) is 8.54. The van der Waals surface area contributed by atoms with Crippen LogP contribution in [0.25, 0.3) is 22.5 Å². The van der Waals surface area contributed by atoms with Gasteiger partial charge >= 0.3 is 0 Å². The molecule has 1 aromatic heterocycles. The molecule has 0 radical (unpaired) electrons. The van der Waals surface area contributed by atoms with Crippen molar-refractivity contribution in [3.8, 4) is 39.7 Å². The van der Waals surface area contributed by atoms with Gasteiger partial charge in [-0.1, -0.05) is 31.1 Å². The topological polar surface area (TPSA) is 154 Å². The molecule has 3 aromatic rings. The first-order chi connectivity index (χ1) is 17.3. The van der Waals surface area contributed by atoms with Crippen molar-refractivity contribution in [2.45, 2.75) is 46.0 Å². The Morgan fingerprint density at radius 1 is 1.08 bits per heavy atom. The zero-order chi connectivity index (χ0) is 26.2. The summed E-state index contributed by atoms with van der Waals surface area (Å²) in [7, 11) is 0. The van der Waals surface area contributed by atoms with Crippen LogP contribution in [-0.4, -0.2) is 45.5 Å².